The molecule has 3 aliphatic heterocycles. The highest BCUT2D eigenvalue weighted by atomic mass is 16.5. The van der Waals surface area contributed by atoms with Gasteiger partial charge < -0.3 is 19.4 Å². The van der Waals surface area contributed by atoms with E-state index in [4.69, 9.17) is 4.74 Å². The normalized spacial score (nSPS) is 26.4. The Balaban J connectivity index is 1.31. The average molecular weight is 400 g/mol. The molecule has 0 radical (unpaired) electrons. The van der Waals surface area contributed by atoms with Crippen LogP contribution in [0.3, 0.4) is 0 Å². The number of hydrogen-bond donors (Lipinski definition) is 0. The van der Waals surface area contributed by atoms with Crippen LogP contribution in [0.2, 0.25) is 0 Å². The van der Waals surface area contributed by atoms with Gasteiger partial charge in [-0.1, -0.05) is 12.5 Å². The molecular formula is C24H37N3O2. The largest absolute Gasteiger partial charge is 0.493 e. The van der Waals surface area contributed by atoms with E-state index in [0.29, 0.717) is 12.5 Å². The Labute approximate surface area is 176 Å². The first-order valence-electron chi connectivity index (χ1n) is 11.7. The topological polar surface area (TPSA) is 36.0 Å². The second-order valence-corrected chi connectivity index (χ2v) is 9.04. The van der Waals surface area contributed by atoms with E-state index in [1.54, 1.807) is 0 Å². The van der Waals surface area contributed by atoms with E-state index < -0.39 is 0 Å². The third-order valence-corrected chi connectivity index (χ3v) is 6.89. The molecule has 1 amide bonds. The molecule has 3 saturated heterocycles. The second-order valence-electron chi connectivity index (χ2n) is 9.04. The van der Waals surface area contributed by atoms with Gasteiger partial charge in [-0.05, 0) is 77.2 Å². The number of anilines is 1. The molecule has 2 unspecified atom stereocenters. The van der Waals surface area contributed by atoms with Crippen LogP contribution in [0.1, 0.15) is 58.3 Å². The van der Waals surface area contributed by atoms with Crippen molar-refractivity contribution in [1.82, 2.24) is 9.80 Å². The van der Waals surface area contributed by atoms with Gasteiger partial charge in [0, 0.05) is 37.3 Å². The summed E-state index contributed by atoms with van der Waals surface area (Å²) in [6, 6.07) is 9.18. The summed E-state index contributed by atoms with van der Waals surface area (Å²) in [6.45, 7) is 8.76. The lowest BCUT2D eigenvalue weighted by Gasteiger charge is -2.33. The van der Waals surface area contributed by atoms with Crippen molar-refractivity contribution in [2.75, 3.05) is 44.2 Å². The highest BCUT2D eigenvalue weighted by molar-refractivity contribution is 5.96. The van der Waals surface area contributed by atoms with Crippen molar-refractivity contribution in [3.05, 3.63) is 24.3 Å². The molecule has 0 aromatic heterocycles. The predicted molar refractivity (Wildman–Crippen MR) is 118 cm³/mol. The van der Waals surface area contributed by atoms with Crippen LogP contribution >= 0.6 is 0 Å². The maximum absolute atomic E-state index is 12.6. The fourth-order valence-electron chi connectivity index (χ4n) is 5.22. The summed E-state index contributed by atoms with van der Waals surface area (Å²) in [4.78, 5) is 19.8. The van der Waals surface area contributed by atoms with Gasteiger partial charge in [0.2, 0.25) is 5.91 Å². The summed E-state index contributed by atoms with van der Waals surface area (Å²) in [7, 11) is 0. The minimum Gasteiger partial charge on any atom is -0.493 e. The Kier molecular flexibility index (Phi) is 7.09. The van der Waals surface area contributed by atoms with Crippen LogP contribution in [0.4, 0.5) is 5.69 Å². The van der Waals surface area contributed by atoms with E-state index in [9.17, 15) is 4.79 Å². The van der Waals surface area contributed by atoms with Gasteiger partial charge in [-0.25, -0.2) is 0 Å². The van der Waals surface area contributed by atoms with E-state index in [1.807, 2.05) is 17.0 Å². The molecule has 1 aromatic carbocycles. The molecule has 0 N–H and O–H groups in total. The zero-order valence-corrected chi connectivity index (χ0v) is 18.0. The maximum atomic E-state index is 12.6. The summed E-state index contributed by atoms with van der Waals surface area (Å²) in [5.74, 6) is 1.14. The Morgan fingerprint density at radius 2 is 1.93 bits per heavy atom. The maximum Gasteiger partial charge on any atom is 0.227 e. The number of rotatable bonds is 8. The van der Waals surface area contributed by atoms with Gasteiger partial charge in [0.1, 0.15) is 5.75 Å². The number of hydrogen-bond acceptors (Lipinski definition) is 4. The van der Waals surface area contributed by atoms with Crippen LogP contribution < -0.4 is 9.64 Å². The number of ether oxygens (including phenoxy) is 1. The van der Waals surface area contributed by atoms with Gasteiger partial charge in [-0.2, -0.15) is 0 Å². The fourth-order valence-corrected chi connectivity index (χ4v) is 5.22. The van der Waals surface area contributed by atoms with Crippen LogP contribution in [0.5, 0.6) is 5.75 Å². The molecule has 3 heterocycles. The molecule has 160 valence electrons. The number of amides is 1. The minimum absolute atomic E-state index is 0.257. The number of nitrogens with zero attached hydrogens (tertiary/aromatic N) is 3. The number of carbonyl (C=O) groups is 1. The van der Waals surface area contributed by atoms with E-state index in [-0.39, 0.29) is 5.91 Å². The summed E-state index contributed by atoms with van der Waals surface area (Å²) < 4.78 is 6.05. The van der Waals surface area contributed by atoms with E-state index >= 15 is 0 Å². The smallest absolute Gasteiger partial charge is 0.227 e. The van der Waals surface area contributed by atoms with Gasteiger partial charge in [0.05, 0.1) is 12.6 Å². The van der Waals surface area contributed by atoms with Crippen LogP contribution in [-0.4, -0.2) is 67.1 Å². The Morgan fingerprint density at radius 1 is 1.07 bits per heavy atom. The van der Waals surface area contributed by atoms with Crippen molar-refractivity contribution in [3.63, 3.8) is 0 Å². The molecule has 4 rings (SSSR count). The SMILES string of the molecule is CC1CCCN1CCCOc1cccc(N2C(=O)CCC2CN2CCCCC2)c1. The summed E-state index contributed by atoms with van der Waals surface area (Å²) in [6.07, 6.45) is 9.26. The van der Waals surface area contributed by atoms with Gasteiger partial charge >= 0.3 is 0 Å². The summed E-state index contributed by atoms with van der Waals surface area (Å²) in [5.41, 5.74) is 1.00. The zero-order valence-electron chi connectivity index (χ0n) is 18.0. The average Bonchev–Trinajstić information content (AvgIpc) is 3.31. The lowest BCUT2D eigenvalue weighted by Crippen LogP contribution is -2.43. The monoisotopic (exact) mass is 399 g/mol. The van der Waals surface area contributed by atoms with Crippen LogP contribution in [0.25, 0.3) is 0 Å². The van der Waals surface area contributed by atoms with Gasteiger partial charge in [0.15, 0.2) is 0 Å². The molecule has 0 aliphatic carbocycles. The van der Waals surface area contributed by atoms with E-state index in [1.165, 1.54) is 51.7 Å². The molecule has 3 fully saturated rings. The molecule has 5 nitrogen and oxygen atoms in total. The number of piperidine rings is 1. The van der Waals surface area contributed by atoms with Crippen molar-refractivity contribution in [2.24, 2.45) is 0 Å². The highest BCUT2D eigenvalue weighted by Gasteiger charge is 2.33. The van der Waals surface area contributed by atoms with Crippen LogP contribution in [0.15, 0.2) is 24.3 Å². The van der Waals surface area contributed by atoms with E-state index in [2.05, 4.69) is 28.9 Å². The first kappa shape index (κ1) is 20.7. The minimum atomic E-state index is 0.257. The van der Waals surface area contributed by atoms with Crippen molar-refractivity contribution in [3.8, 4) is 5.75 Å². The molecule has 1 aromatic rings. The Bertz CT molecular complexity index is 674. The molecule has 0 saturated carbocycles. The first-order chi connectivity index (χ1) is 14.2. The Morgan fingerprint density at radius 3 is 2.72 bits per heavy atom. The van der Waals surface area contributed by atoms with Crippen molar-refractivity contribution in [1.29, 1.82) is 0 Å². The molecule has 5 heteroatoms. The highest BCUT2D eigenvalue weighted by Crippen LogP contribution is 2.30. The quantitative estimate of drug-likeness (QED) is 0.621. The summed E-state index contributed by atoms with van der Waals surface area (Å²) in [5, 5.41) is 0. The molecule has 2 atom stereocenters. The number of likely N-dealkylation sites (tertiary alicyclic amines) is 2. The van der Waals surface area contributed by atoms with Gasteiger partial charge in [0.25, 0.3) is 0 Å². The third kappa shape index (κ3) is 5.32. The van der Waals surface area contributed by atoms with Crippen LogP contribution in [0, 0.1) is 0 Å². The van der Waals surface area contributed by atoms with Crippen molar-refractivity contribution < 1.29 is 9.53 Å². The Hall–Kier alpha value is -1.59. The lowest BCUT2D eigenvalue weighted by molar-refractivity contribution is -0.117. The number of carbonyl (C=O) groups excluding carboxylic acids is 1. The van der Waals surface area contributed by atoms with Gasteiger partial charge in [-0.15, -0.1) is 0 Å². The summed E-state index contributed by atoms with van der Waals surface area (Å²) >= 11 is 0. The number of benzene rings is 1. The van der Waals surface area contributed by atoms with Gasteiger partial charge in [-0.3, -0.25) is 4.79 Å². The first-order valence-corrected chi connectivity index (χ1v) is 11.7. The van der Waals surface area contributed by atoms with Crippen molar-refractivity contribution >= 4 is 11.6 Å². The molecule has 0 bridgehead atoms. The molecule has 29 heavy (non-hydrogen) atoms. The van der Waals surface area contributed by atoms with E-state index in [0.717, 1.165) is 50.0 Å². The molecular weight excluding hydrogens is 362 g/mol. The zero-order chi connectivity index (χ0) is 20.1. The fraction of sp³-hybridized carbons (Fsp3) is 0.708. The van der Waals surface area contributed by atoms with Crippen molar-refractivity contribution in [2.45, 2.75) is 70.4 Å². The predicted octanol–water partition coefficient (Wildman–Crippen LogP) is 3.92. The van der Waals surface area contributed by atoms with Crippen LogP contribution in [-0.2, 0) is 4.79 Å². The lowest BCUT2D eigenvalue weighted by atomic mass is 10.1. The molecule has 0 spiro atoms. The molecule has 3 aliphatic rings. The third-order valence-electron chi connectivity index (χ3n) is 6.89. The second kappa shape index (κ2) is 9.94. The standard InChI is InChI=1S/C24H37N3O2/c1-20-8-6-15-26(20)16-7-17-29-23-10-5-9-21(18-23)27-22(11-12-24(27)28)19-25-13-3-2-4-14-25/h5,9-10,18,20,22H,2-4,6-8,11-17,19H2,1H3.